The predicted molar refractivity (Wildman–Crippen MR) is 135 cm³/mol. The molecular formula is C28H25NO4S. The molecule has 1 amide bonds. The molecule has 2 heterocycles. The van der Waals surface area contributed by atoms with Crippen LogP contribution in [-0.2, 0) is 6.42 Å². The van der Waals surface area contributed by atoms with Gasteiger partial charge < -0.3 is 14.1 Å². The molecule has 1 atom stereocenters. The Balaban J connectivity index is 1.59. The summed E-state index contributed by atoms with van der Waals surface area (Å²) in [5.41, 5.74) is 3.69. The van der Waals surface area contributed by atoms with Crippen LogP contribution in [0, 0.1) is 6.92 Å². The molecular weight excluding hydrogens is 446 g/mol. The van der Waals surface area contributed by atoms with Gasteiger partial charge in [-0.25, -0.2) is 0 Å². The van der Waals surface area contributed by atoms with E-state index in [-0.39, 0.29) is 17.1 Å². The van der Waals surface area contributed by atoms with E-state index < -0.39 is 6.04 Å². The van der Waals surface area contributed by atoms with Gasteiger partial charge in [-0.15, -0.1) is 11.8 Å². The lowest BCUT2D eigenvalue weighted by molar-refractivity contribution is 0.0730. The topological polar surface area (TPSA) is 59.8 Å². The standard InChI is InChI=1S/C28H25NO4S/c1-17-4-13-23-22(16-17)26(30)24-25(19-7-11-21(34-3)12-8-19)29(28(31)27(24)33-23)15-14-18-5-9-20(32-2)10-6-18/h4-13,16,25H,14-15H2,1-3H3/t25-/m0/s1. The Morgan fingerprint density at radius 2 is 1.74 bits per heavy atom. The molecule has 5 nitrogen and oxygen atoms in total. The fraction of sp³-hybridized carbons (Fsp3) is 0.214. The molecule has 0 N–H and O–H groups in total. The van der Waals surface area contributed by atoms with E-state index in [9.17, 15) is 9.59 Å². The smallest absolute Gasteiger partial charge is 0.290 e. The molecule has 1 aromatic heterocycles. The molecule has 0 fully saturated rings. The van der Waals surface area contributed by atoms with Gasteiger partial charge in [0.25, 0.3) is 5.91 Å². The van der Waals surface area contributed by atoms with Gasteiger partial charge in [-0.2, -0.15) is 0 Å². The minimum Gasteiger partial charge on any atom is -0.497 e. The summed E-state index contributed by atoms with van der Waals surface area (Å²) in [5, 5.41) is 0.509. The average Bonchev–Trinajstić information content (AvgIpc) is 3.15. The van der Waals surface area contributed by atoms with Crippen molar-refractivity contribution in [2.24, 2.45) is 0 Å². The molecule has 0 spiro atoms. The van der Waals surface area contributed by atoms with Crippen LogP contribution in [0.1, 0.15) is 38.9 Å². The number of benzene rings is 3. The normalized spacial score (nSPS) is 15.1. The van der Waals surface area contributed by atoms with Crippen molar-refractivity contribution in [3.8, 4) is 5.75 Å². The van der Waals surface area contributed by atoms with Crippen molar-refractivity contribution in [2.45, 2.75) is 24.3 Å². The lowest BCUT2D eigenvalue weighted by Gasteiger charge is -2.25. The van der Waals surface area contributed by atoms with E-state index in [4.69, 9.17) is 9.15 Å². The van der Waals surface area contributed by atoms with Crippen molar-refractivity contribution in [1.29, 1.82) is 0 Å². The van der Waals surface area contributed by atoms with Crippen LogP contribution < -0.4 is 10.2 Å². The Morgan fingerprint density at radius 1 is 1.00 bits per heavy atom. The van der Waals surface area contributed by atoms with E-state index in [1.807, 2.05) is 73.8 Å². The SMILES string of the molecule is COc1ccc(CCN2C(=O)c3oc4ccc(C)cc4c(=O)c3[C@@H]2c2ccc(SC)cc2)cc1. The second kappa shape index (κ2) is 9.03. The number of aryl methyl sites for hydroxylation is 1. The monoisotopic (exact) mass is 471 g/mol. The molecule has 34 heavy (non-hydrogen) atoms. The molecule has 0 saturated carbocycles. The molecule has 4 aromatic rings. The lowest BCUT2D eigenvalue weighted by Crippen LogP contribution is -2.31. The maximum atomic E-state index is 13.7. The van der Waals surface area contributed by atoms with Gasteiger partial charge in [0.2, 0.25) is 5.76 Å². The molecule has 6 heteroatoms. The van der Waals surface area contributed by atoms with Crippen molar-refractivity contribution in [3.05, 3.63) is 105 Å². The molecule has 0 unspecified atom stereocenters. The summed E-state index contributed by atoms with van der Waals surface area (Å²) in [6.07, 6.45) is 2.67. The third-order valence-electron chi connectivity index (χ3n) is 6.35. The van der Waals surface area contributed by atoms with Crippen molar-refractivity contribution in [3.63, 3.8) is 0 Å². The first kappa shape index (κ1) is 22.3. The molecule has 1 aliphatic rings. The number of carbonyl (C=O) groups is 1. The molecule has 172 valence electrons. The van der Waals surface area contributed by atoms with Crippen LogP contribution in [0.5, 0.6) is 5.75 Å². The van der Waals surface area contributed by atoms with Crippen LogP contribution in [0.15, 0.2) is 80.8 Å². The zero-order valence-electron chi connectivity index (χ0n) is 19.3. The maximum Gasteiger partial charge on any atom is 0.290 e. The number of methoxy groups -OCH3 is 1. The summed E-state index contributed by atoms with van der Waals surface area (Å²) < 4.78 is 11.3. The number of carbonyl (C=O) groups excluding carboxylic acids is 1. The minimum atomic E-state index is -0.488. The Bertz CT molecular complexity index is 1420. The summed E-state index contributed by atoms with van der Waals surface area (Å²) in [7, 11) is 1.64. The average molecular weight is 472 g/mol. The first-order valence-corrected chi connectivity index (χ1v) is 12.4. The predicted octanol–water partition coefficient (Wildman–Crippen LogP) is 5.62. The van der Waals surface area contributed by atoms with Gasteiger partial charge in [-0.1, -0.05) is 35.9 Å². The Morgan fingerprint density at radius 3 is 2.41 bits per heavy atom. The highest BCUT2D eigenvalue weighted by atomic mass is 32.2. The third-order valence-corrected chi connectivity index (χ3v) is 7.10. The van der Waals surface area contributed by atoms with Gasteiger partial charge in [0.15, 0.2) is 5.43 Å². The number of hydrogen-bond acceptors (Lipinski definition) is 5. The molecule has 0 bridgehead atoms. The zero-order chi connectivity index (χ0) is 23.8. The van der Waals surface area contributed by atoms with E-state index in [1.165, 1.54) is 0 Å². The zero-order valence-corrected chi connectivity index (χ0v) is 20.1. The Hall–Kier alpha value is -3.51. The molecule has 1 aliphatic heterocycles. The van der Waals surface area contributed by atoms with Crippen LogP contribution in [0.25, 0.3) is 11.0 Å². The summed E-state index contributed by atoms with van der Waals surface area (Å²) in [5.74, 6) is 0.689. The first-order valence-electron chi connectivity index (χ1n) is 11.2. The number of amides is 1. The molecule has 5 rings (SSSR count). The lowest BCUT2D eigenvalue weighted by atomic mass is 9.98. The van der Waals surface area contributed by atoms with Crippen molar-refractivity contribution >= 4 is 28.6 Å². The molecule has 0 aliphatic carbocycles. The van der Waals surface area contributed by atoms with Crippen LogP contribution in [-0.4, -0.2) is 30.7 Å². The van der Waals surface area contributed by atoms with Crippen molar-refractivity contribution in [2.75, 3.05) is 19.9 Å². The van der Waals surface area contributed by atoms with E-state index >= 15 is 0 Å². The van der Waals surface area contributed by atoms with Crippen LogP contribution >= 0.6 is 11.8 Å². The van der Waals surface area contributed by atoms with E-state index in [2.05, 4.69) is 0 Å². The number of fused-ring (bicyclic) bond motifs is 2. The highest BCUT2D eigenvalue weighted by Crippen LogP contribution is 2.38. The molecule has 3 aromatic carbocycles. The van der Waals surface area contributed by atoms with Gasteiger partial charge in [-0.05, 0) is 67.1 Å². The van der Waals surface area contributed by atoms with Crippen LogP contribution in [0.3, 0.4) is 0 Å². The fourth-order valence-electron chi connectivity index (χ4n) is 4.54. The highest BCUT2D eigenvalue weighted by molar-refractivity contribution is 7.98. The Kier molecular flexibility index (Phi) is 5.92. The third kappa shape index (κ3) is 3.88. The second-order valence-electron chi connectivity index (χ2n) is 8.45. The van der Waals surface area contributed by atoms with E-state index in [0.717, 1.165) is 27.3 Å². The second-order valence-corrected chi connectivity index (χ2v) is 9.33. The summed E-state index contributed by atoms with van der Waals surface area (Å²) >= 11 is 1.65. The minimum absolute atomic E-state index is 0.140. The number of thioether (sulfide) groups is 1. The van der Waals surface area contributed by atoms with Crippen molar-refractivity contribution in [1.82, 2.24) is 4.90 Å². The maximum absolute atomic E-state index is 13.7. The van der Waals surface area contributed by atoms with Crippen LogP contribution in [0.4, 0.5) is 0 Å². The highest BCUT2D eigenvalue weighted by Gasteiger charge is 2.42. The quantitative estimate of drug-likeness (QED) is 0.342. The Labute approximate surface area is 202 Å². The molecule has 0 saturated heterocycles. The van der Waals surface area contributed by atoms with Gasteiger partial charge in [-0.3, -0.25) is 9.59 Å². The number of nitrogens with zero attached hydrogens (tertiary/aromatic N) is 1. The number of rotatable bonds is 6. The van der Waals surface area contributed by atoms with Gasteiger partial charge in [0, 0.05) is 11.4 Å². The summed E-state index contributed by atoms with van der Waals surface area (Å²) in [4.78, 5) is 30.1. The van der Waals surface area contributed by atoms with E-state index in [0.29, 0.717) is 29.5 Å². The van der Waals surface area contributed by atoms with Gasteiger partial charge >= 0.3 is 0 Å². The van der Waals surface area contributed by atoms with Crippen LogP contribution in [0.2, 0.25) is 0 Å². The van der Waals surface area contributed by atoms with Gasteiger partial charge in [0.1, 0.15) is 11.3 Å². The van der Waals surface area contributed by atoms with Crippen molar-refractivity contribution < 1.29 is 13.9 Å². The summed E-state index contributed by atoms with van der Waals surface area (Å²) in [6, 6.07) is 20.9. The first-order chi connectivity index (χ1) is 16.5. The molecule has 0 radical (unpaired) electrons. The fourth-order valence-corrected chi connectivity index (χ4v) is 4.95. The number of ether oxygens (including phenoxy) is 1. The number of hydrogen-bond donors (Lipinski definition) is 0. The largest absolute Gasteiger partial charge is 0.497 e. The summed E-state index contributed by atoms with van der Waals surface area (Å²) in [6.45, 7) is 2.40. The van der Waals surface area contributed by atoms with E-state index in [1.54, 1.807) is 29.8 Å². The van der Waals surface area contributed by atoms with Gasteiger partial charge in [0.05, 0.1) is 24.1 Å².